The van der Waals surface area contributed by atoms with Gasteiger partial charge in [0.1, 0.15) is 30.4 Å². The number of nitrogens with zero attached hydrogens (tertiary/aromatic N) is 2. The van der Waals surface area contributed by atoms with Gasteiger partial charge in [-0.15, -0.1) is 0 Å². The number of aliphatic hydroxyl groups is 1. The second-order valence-electron chi connectivity index (χ2n) is 7.11. The highest BCUT2D eigenvalue weighted by atomic mass is 16.5. The van der Waals surface area contributed by atoms with Crippen LogP contribution in [-0.4, -0.2) is 17.1 Å². The summed E-state index contributed by atoms with van der Waals surface area (Å²) in [7, 11) is 1.91. The summed E-state index contributed by atoms with van der Waals surface area (Å²) in [4.78, 5) is 6.40. The van der Waals surface area contributed by atoms with Crippen LogP contribution in [0.5, 0.6) is 5.75 Å². The zero-order valence-corrected chi connectivity index (χ0v) is 16.8. The standard InChI is InChI=1S/C25H24N2O3/c1-27(16-19-10-4-2-5-11-19)25-26-22(18-30-25)24(28)21-14-8-9-15-23(21)29-17-20-12-6-3-7-13-20/h2-15,18,24,28H,16-17H2,1H3/t24-/m1/s1. The van der Waals surface area contributed by atoms with Gasteiger partial charge in [-0.2, -0.15) is 4.98 Å². The molecule has 0 fully saturated rings. The Hall–Kier alpha value is -3.57. The van der Waals surface area contributed by atoms with Gasteiger partial charge in [0.2, 0.25) is 0 Å². The topological polar surface area (TPSA) is 58.7 Å². The van der Waals surface area contributed by atoms with Gasteiger partial charge in [0.25, 0.3) is 6.01 Å². The van der Waals surface area contributed by atoms with Crippen molar-refractivity contribution in [1.29, 1.82) is 0 Å². The molecule has 5 nitrogen and oxygen atoms in total. The Morgan fingerprint density at radius 2 is 1.53 bits per heavy atom. The molecule has 0 saturated carbocycles. The number of hydrogen-bond donors (Lipinski definition) is 1. The van der Waals surface area contributed by atoms with E-state index in [1.165, 1.54) is 6.26 Å². The fraction of sp³-hybridized carbons (Fsp3) is 0.160. The monoisotopic (exact) mass is 400 g/mol. The smallest absolute Gasteiger partial charge is 0.297 e. The molecular weight excluding hydrogens is 376 g/mol. The highest BCUT2D eigenvalue weighted by Gasteiger charge is 2.20. The van der Waals surface area contributed by atoms with Gasteiger partial charge < -0.3 is 19.2 Å². The predicted molar refractivity (Wildman–Crippen MR) is 116 cm³/mol. The molecule has 1 heterocycles. The number of aromatic nitrogens is 1. The molecule has 0 aliphatic rings. The maximum Gasteiger partial charge on any atom is 0.297 e. The molecule has 3 aromatic carbocycles. The maximum absolute atomic E-state index is 10.9. The largest absolute Gasteiger partial charge is 0.489 e. The molecule has 0 spiro atoms. The van der Waals surface area contributed by atoms with E-state index in [1.807, 2.05) is 84.7 Å². The normalized spacial score (nSPS) is 11.8. The molecule has 0 bridgehead atoms. The zero-order valence-electron chi connectivity index (χ0n) is 16.8. The number of anilines is 1. The molecular formula is C25H24N2O3. The van der Waals surface area contributed by atoms with E-state index < -0.39 is 6.10 Å². The van der Waals surface area contributed by atoms with Gasteiger partial charge in [0.05, 0.1) is 0 Å². The first kappa shape index (κ1) is 19.7. The van der Waals surface area contributed by atoms with Gasteiger partial charge in [-0.1, -0.05) is 78.9 Å². The number of para-hydroxylation sites is 1. The number of benzene rings is 3. The first-order valence-electron chi connectivity index (χ1n) is 9.85. The first-order chi connectivity index (χ1) is 14.7. The van der Waals surface area contributed by atoms with E-state index in [4.69, 9.17) is 9.15 Å². The molecule has 0 amide bonds. The molecule has 4 rings (SSSR count). The lowest BCUT2D eigenvalue weighted by Gasteiger charge is -2.15. The summed E-state index contributed by atoms with van der Waals surface area (Å²) in [5.41, 5.74) is 3.31. The van der Waals surface area contributed by atoms with Crippen LogP contribution >= 0.6 is 0 Å². The maximum atomic E-state index is 10.9. The number of hydrogen-bond acceptors (Lipinski definition) is 5. The Morgan fingerprint density at radius 3 is 2.27 bits per heavy atom. The fourth-order valence-electron chi connectivity index (χ4n) is 3.23. The molecule has 4 aromatic rings. The molecule has 0 radical (unpaired) electrons. The molecule has 0 unspecified atom stereocenters. The summed E-state index contributed by atoms with van der Waals surface area (Å²) >= 11 is 0. The van der Waals surface area contributed by atoms with Crippen molar-refractivity contribution in [3.8, 4) is 5.75 Å². The van der Waals surface area contributed by atoms with Crippen LogP contribution in [0.1, 0.15) is 28.5 Å². The van der Waals surface area contributed by atoms with Gasteiger partial charge >= 0.3 is 0 Å². The van der Waals surface area contributed by atoms with Crippen molar-refractivity contribution < 1.29 is 14.3 Å². The van der Waals surface area contributed by atoms with Crippen LogP contribution in [0.15, 0.2) is 95.6 Å². The Labute approximate surface area is 176 Å². The molecule has 5 heteroatoms. The summed E-state index contributed by atoms with van der Waals surface area (Å²) in [5.74, 6) is 0.621. The van der Waals surface area contributed by atoms with Crippen LogP contribution in [0, 0.1) is 0 Å². The average Bonchev–Trinajstić information content (AvgIpc) is 3.29. The van der Waals surface area contributed by atoms with Crippen LogP contribution in [0.2, 0.25) is 0 Å². The SMILES string of the molecule is CN(Cc1ccccc1)c1nc([C@H](O)c2ccccc2OCc2ccccc2)co1. The quantitative estimate of drug-likeness (QED) is 0.452. The van der Waals surface area contributed by atoms with Crippen LogP contribution in [0.4, 0.5) is 6.01 Å². The lowest BCUT2D eigenvalue weighted by molar-refractivity contribution is 0.204. The summed E-state index contributed by atoms with van der Waals surface area (Å²) in [6, 6.07) is 27.9. The molecule has 0 aliphatic heterocycles. The molecule has 152 valence electrons. The van der Waals surface area contributed by atoms with Crippen molar-refractivity contribution >= 4 is 6.01 Å². The summed E-state index contributed by atoms with van der Waals surface area (Å²) in [6.07, 6.45) is 0.551. The Kier molecular flexibility index (Phi) is 6.11. The van der Waals surface area contributed by atoms with Gasteiger partial charge in [0.15, 0.2) is 0 Å². The van der Waals surface area contributed by atoms with Crippen molar-refractivity contribution in [2.45, 2.75) is 19.3 Å². The van der Waals surface area contributed by atoms with Gasteiger partial charge in [-0.25, -0.2) is 0 Å². The minimum atomic E-state index is -0.945. The van der Waals surface area contributed by atoms with Crippen molar-refractivity contribution in [1.82, 2.24) is 4.98 Å². The minimum Gasteiger partial charge on any atom is -0.489 e. The lowest BCUT2D eigenvalue weighted by Crippen LogP contribution is -2.16. The van der Waals surface area contributed by atoms with Gasteiger partial charge in [0, 0.05) is 19.2 Å². The van der Waals surface area contributed by atoms with E-state index >= 15 is 0 Å². The number of rotatable bonds is 8. The fourth-order valence-corrected chi connectivity index (χ4v) is 3.23. The van der Waals surface area contributed by atoms with Gasteiger partial charge in [-0.3, -0.25) is 0 Å². The van der Waals surface area contributed by atoms with E-state index in [1.54, 1.807) is 0 Å². The van der Waals surface area contributed by atoms with E-state index in [-0.39, 0.29) is 0 Å². The van der Waals surface area contributed by atoms with Crippen molar-refractivity contribution in [3.05, 3.63) is 114 Å². The molecule has 1 aromatic heterocycles. The Balaban J connectivity index is 1.48. The van der Waals surface area contributed by atoms with Crippen LogP contribution in [0.3, 0.4) is 0 Å². The Morgan fingerprint density at radius 1 is 0.900 bits per heavy atom. The minimum absolute atomic E-state index is 0.425. The zero-order chi connectivity index (χ0) is 20.8. The second-order valence-corrected chi connectivity index (χ2v) is 7.11. The number of ether oxygens (including phenoxy) is 1. The first-order valence-corrected chi connectivity index (χ1v) is 9.85. The van der Waals surface area contributed by atoms with E-state index in [9.17, 15) is 5.11 Å². The number of oxazole rings is 1. The van der Waals surface area contributed by atoms with Crippen LogP contribution in [-0.2, 0) is 13.2 Å². The second kappa shape index (κ2) is 9.29. The van der Waals surface area contributed by atoms with Crippen molar-refractivity contribution in [3.63, 3.8) is 0 Å². The highest BCUT2D eigenvalue weighted by molar-refractivity contribution is 5.40. The van der Waals surface area contributed by atoms with E-state index in [0.717, 1.165) is 11.1 Å². The third-order valence-electron chi connectivity index (χ3n) is 4.83. The molecule has 0 saturated heterocycles. The average molecular weight is 400 g/mol. The third-order valence-corrected chi connectivity index (χ3v) is 4.83. The van der Waals surface area contributed by atoms with Crippen molar-refractivity contribution in [2.24, 2.45) is 0 Å². The molecule has 30 heavy (non-hydrogen) atoms. The highest BCUT2D eigenvalue weighted by Crippen LogP contribution is 2.31. The van der Waals surface area contributed by atoms with E-state index in [2.05, 4.69) is 17.1 Å². The molecule has 1 N–H and O–H groups in total. The Bertz CT molecular complexity index is 1060. The van der Waals surface area contributed by atoms with E-state index in [0.29, 0.717) is 36.2 Å². The number of aliphatic hydroxyl groups excluding tert-OH is 1. The van der Waals surface area contributed by atoms with Crippen LogP contribution < -0.4 is 9.64 Å². The predicted octanol–water partition coefficient (Wildman–Crippen LogP) is 4.97. The third kappa shape index (κ3) is 4.70. The van der Waals surface area contributed by atoms with Gasteiger partial charge in [-0.05, 0) is 17.2 Å². The lowest BCUT2D eigenvalue weighted by atomic mass is 10.1. The van der Waals surface area contributed by atoms with Crippen molar-refractivity contribution in [2.75, 3.05) is 11.9 Å². The summed E-state index contributed by atoms with van der Waals surface area (Å²) in [5, 5.41) is 10.9. The molecule has 1 atom stereocenters. The summed E-state index contributed by atoms with van der Waals surface area (Å²) < 4.78 is 11.6. The molecule has 0 aliphatic carbocycles. The summed E-state index contributed by atoms with van der Waals surface area (Å²) in [6.45, 7) is 1.09. The van der Waals surface area contributed by atoms with Crippen LogP contribution in [0.25, 0.3) is 0 Å².